The van der Waals surface area contributed by atoms with Crippen molar-refractivity contribution in [2.75, 3.05) is 12.4 Å². The normalized spacial score (nSPS) is 22.3. The van der Waals surface area contributed by atoms with Crippen molar-refractivity contribution in [3.05, 3.63) is 41.7 Å². The highest BCUT2D eigenvalue weighted by Crippen LogP contribution is 2.43. The standard InChI is InChI=1S/C19H24N4O2/c1-23-11-14(10-20-23)22-19(24)16-8-12(6-7-18(16)25-2)15-9-17(15)21-13-4-3-5-13/h6-8,10-11,13,15,17,21H,3-5,9H2,1-2H3,(H,22,24)/t15-,17+/m0/s1. The van der Waals surface area contributed by atoms with Crippen molar-refractivity contribution < 1.29 is 9.53 Å². The molecule has 4 rings (SSSR count). The third-order valence-corrected chi connectivity index (χ3v) is 5.20. The topological polar surface area (TPSA) is 68.2 Å². The number of hydrogen-bond acceptors (Lipinski definition) is 4. The van der Waals surface area contributed by atoms with Gasteiger partial charge in [0.05, 0.1) is 24.6 Å². The van der Waals surface area contributed by atoms with Crippen LogP contribution >= 0.6 is 0 Å². The molecule has 6 heteroatoms. The Labute approximate surface area is 147 Å². The van der Waals surface area contributed by atoms with Gasteiger partial charge in [-0.2, -0.15) is 5.10 Å². The van der Waals surface area contributed by atoms with Gasteiger partial charge in [0.15, 0.2) is 0 Å². The minimum atomic E-state index is -0.171. The summed E-state index contributed by atoms with van der Waals surface area (Å²) in [5, 5.41) is 10.7. The van der Waals surface area contributed by atoms with E-state index in [1.165, 1.54) is 24.8 Å². The molecular weight excluding hydrogens is 316 g/mol. The smallest absolute Gasteiger partial charge is 0.259 e. The summed E-state index contributed by atoms with van der Waals surface area (Å²) in [6.07, 6.45) is 8.49. The highest BCUT2D eigenvalue weighted by molar-refractivity contribution is 6.06. The quantitative estimate of drug-likeness (QED) is 0.848. The van der Waals surface area contributed by atoms with Crippen LogP contribution in [0.5, 0.6) is 5.75 Å². The summed E-state index contributed by atoms with van der Waals surface area (Å²) >= 11 is 0. The molecule has 0 bridgehead atoms. The number of nitrogens with zero attached hydrogens (tertiary/aromatic N) is 2. The Kier molecular flexibility index (Phi) is 4.21. The Balaban J connectivity index is 1.49. The number of aryl methyl sites for hydroxylation is 1. The van der Waals surface area contributed by atoms with Crippen LogP contribution in [0.3, 0.4) is 0 Å². The second-order valence-corrected chi connectivity index (χ2v) is 7.06. The number of hydrogen-bond donors (Lipinski definition) is 2. The van der Waals surface area contributed by atoms with Gasteiger partial charge in [0, 0.05) is 31.2 Å². The first-order valence-electron chi connectivity index (χ1n) is 8.88. The van der Waals surface area contributed by atoms with Gasteiger partial charge in [-0.05, 0) is 37.0 Å². The fourth-order valence-electron chi connectivity index (χ4n) is 3.44. The number of ether oxygens (including phenoxy) is 1. The summed E-state index contributed by atoms with van der Waals surface area (Å²) in [5.74, 6) is 0.918. The van der Waals surface area contributed by atoms with Gasteiger partial charge in [-0.1, -0.05) is 12.5 Å². The molecule has 1 aromatic carbocycles. The number of carbonyl (C=O) groups is 1. The molecule has 1 aromatic heterocycles. The van der Waals surface area contributed by atoms with Gasteiger partial charge in [-0.25, -0.2) is 0 Å². The second-order valence-electron chi connectivity index (χ2n) is 7.06. The molecule has 0 radical (unpaired) electrons. The van der Waals surface area contributed by atoms with E-state index >= 15 is 0 Å². The van der Waals surface area contributed by atoms with Crippen LogP contribution in [0.25, 0.3) is 0 Å². The highest BCUT2D eigenvalue weighted by Gasteiger charge is 2.40. The Bertz CT molecular complexity index is 781. The summed E-state index contributed by atoms with van der Waals surface area (Å²) in [4.78, 5) is 12.7. The predicted molar refractivity (Wildman–Crippen MR) is 96.1 cm³/mol. The zero-order chi connectivity index (χ0) is 17.4. The Morgan fingerprint density at radius 1 is 1.36 bits per heavy atom. The minimum absolute atomic E-state index is 0.171. The highest BCUT2D eigenvalue weighted by atomic mass is 16.5. The minimum Gasteiger partial charge on any atom is -0.496 e. The lowest BCUT2D eigenvalue weighted by molar-refractivity contribution is 0.102. The van der Waals surface area contributed by atoms with E-state index in [1.54, 1.807) is 24.2 Å². The van der Waals surface area contributed by atoms with E-state index in [4.69, 9.17) is 4.74 Å². The number of aromatic nitrogens is 2. The molecule has 2 N–H and O–H groups in total. The fourth-order valence-corrected chi connectivity index (χ4v) is 3.44. The van der Waals surface area contributed by atoms with Crippen LogP contribution in [0.15, 0.2) is 30.6 Å². The first-order valence-corrected chi connectivity index (χ1v) is 8.88. The summed E-state index contributed by atoms with van der Waals surface area (Å²) < 4.78 is 7.04. The molecule has 2 aromatic rings. The van der Waals surface area contributed by atoms with Gasteiger partial charge >= 0.3 is 0 Å². The van der Waals surface area contributed by atoms with E-state index in [0.717, 1.165) is 6.42 Å². The molecule has 132 valence electrons. The van der Waals surface area contributed by atoms with Crippen molar-refractivity contribution >= 4 is 11.6 Å². The SMILES string of the molecule is COc1ccc([C@@H]2C[C@H]2NC2CCC2)cc1C(=O)Nc1cnn(C)c1. The zero-order valence-corrected chi connectivity index (χ0v) is 14.7. The molecule has 2 saturated carbocycles. The first-order chi connectivity index (χ1) is 12.1. The van der Waals surface area contributed by atoms with Crippen molar-refractivity contribution in [3.8, 4) is 5.75 Å². The second kappa shape index (κ2) is 6.52. The molecule has 0 saturated heterocycles. The van der Waals surface area contributed by atoms with E-state index < -0.39 is 0 Å². The lowest BCUT2D eigenvalue weighted by Gasteiger charge is -2.26. The Hall–Kier alpha value is -2.34. The van der Waals surface area contributed by atoms with Crippen molar-refractivity contribution in [3.63, 3.8) is 0 Å². The molecule has 2 aliphatic carbocycles. The van der Waals surface area contributed by atoms with E-state index in [1.807, 2.05) is 19.2 Å². The molecule has 2 fully saturated rings. The van der Waals surface area contributed by atoms with Crippen LogP contribution in [0.1, 0.15) is 47.5 Å². The van der Waals surface area contributed by atoms with Gasteiger partial charge < -0.3 is 15.4 Å². The summed E-state index contributed by atoms with van der Waals surface area (Å²) in [6, 6.07) is 7.19. The Morgan fingerprint density at radius 3 is 2.84 bits per heavy atom. The molecule has 2 aliphatic rings. The third-order valence-electron chi connectivity index (χ3n) is 5.20. The van der Waals surface area contributed by atoms with Gasteiger partial charge in [-0.3, -0.25) is 9.48 Å². The number of benzene rings is 1. The van der Waals surface area contributed by atoms with Gasteiger partial charge in [0.1, 0.15) is 5.75 Å². The van der Waals surface area contributed by atoms with Crippen LogP contribution < -0.4 is 15.4 Å². The number of amides is 1. The maximum absolute atomic E-state index is 12.7. The predicted octanol–water partition coefficient (Wildman–Crippen LogP) is 2.68. The van der Waals surface area contributed by atoms with E-state index in [-0.39, 0.29) is 5.91 Å². The molecule has 1 amide bonds. The van der Waals surface area contributed by atoms with Crippen LogP contribution in [0.2, 0.25) is 0 Å². The van der Waals surface area contributed by atoms with Gasteiger partial charge in [0.25, 0.3) is 5.91 Å². The van der Waals surface area contributed by atoms with Crippen molar-refractivity contribution in [1.82, 2.24) is 15.1 Å². The molecule has 25 heavy (non-hydrogen) atoms. The average Bonchev–Trinajstić information content (AvgIpc) is 3.24. The molecule has 2 atom stereocenters. The van der Waals surface area contributed by atoms with Gasteiger partial charge in [-0.15, -0.1) is 0 Å². The summed E-state index contributed by atoms with van der Waals surface area (Å²) in [5.41, 5.74) is 2.45. The number of carbonyl (C=O) groups excluding carboxylic acids is 1. The van der Waals surface area contributed by atoms with E-state index in [9.17, 15) is 4.79 Å². The van der Waals surface area contributed by atoms with Crippen LogP contribution in [0.4, 0.5) is 5.69 Å². The molecule has 0 aliphatic heterocycles. The van der Waals surface area contributed by atoms with Crippen molar-refractivity contribution in [1.29, 1.82) is 0 Å². The summed E-state index contributed by atoms with van der Waals surface area (Å²) in [6.45, 7) is 0. The van der Waals surface area contributed by atoms with E-state index in [0.29, 0.717) is 35.0 Å². The van der Waals surface area contributed by atoms with Crippen molar-refractivity contribution in [2.45, 2.75) is 43.7 Å². The third kappa shape index (κ3) is 3.39. The summed E-state index contributed by atoms with van der Waals surface area (Å²) in [7, 11) is 3.41. The van der Waals surface area contributed by atoms with Crippen LogP contribution in [-0.4, -0.2) is 34.9 Å². The lowest BCUT2D eigenvalue weighted by atomic mass is 9.93. The fraction of sp³-hybridized carbons (Fsp3) is 0.474. The maximum atomic E-state index is 12.7. The number of methoxy groups -OCH3 is 1. The molecule has 0 unspecified atom stereocenters. The maximum Gasteiger partial charge on any atom is 0.259 e. The van der Waals surface area contributed by atoms with Crippen LogP contribution in [-0.2, 0) is 7.05 Å². The molecule has 1 heterocycles. The lowest BCUT2D eigenvalue weighted by Crippen LogP contribution is -2.37. The van der Waals surface area contributed by atoms with E-state index in [2.05, 4.69) is 21.8 Å². The number of nitrogens with one attached hydrogen (secondary N) is 2. The number of anilines is 1. The van der Waals surface area contributed by atoms with Crippen molar-refractivity contribution in [2.24, 2.45) is 7.05 Å². The number of rotatable bonds is 6. The molecular formula is C19H24N4O2. The van der Waals surface area contributed by atoms with Gasteiger partial charge in [0.2, 0.25) is 0 Å². The first kappa shape index (κ1) is 16.1. The Morgan fingerprint density at radius 2 is 2.20 bits per heavy atom. The molecule has 6 nitrogen and oxygen atoms in total. The zero-order valence-electron chi connectivity index (χ0n) is 14.7. The molecule has 0 spiro atoms. The average molecular weight is 340 g/mol. The largest absolute Gasteiger partial charge is 0.496 e. The van der Waals surface area contributed by atoms with Crippen LogP contribution in [0, 0.1) is 0 Å². The monoisotopic (exact) mass is 340 g/mol.